The highest BCUT2D eigenvalue weighted by atomic mass is 16.1. The first kappa shape index (κ1) is 13.8. The minimum atomic E-state index is -0.0507. The number of hydrogen-bond acceptors (Lipinski definition) is 3. The van der Waals surface area contributed by atoms with Crippen LogP contribution in [-0.2, 0) is 6.54 Å². The van der Waals surface area contributed by atoms with E-state index >= 15 is 0 Å². The summed E-state index contributed by atoms with van der Waals surface area (Å²) >= 11 is 0. The van der Waals surface area contributed by atoms with Crippen molar-refractivity contribution in [2.75, 3.05) is 19.6 Å². The third-order valence-corrected chi connectivity index (χ3v) is 3.93. The molecule has 2 aromatic rings. The van der Waals surface area contributed by atoms with Crippen LogP contribution in [-0.4, -0.2) is 40.6 Å². The highest BCUT2D eigenvalue weighted by Crippen LogP contribution is 2.18. The van der Waals surface area contributed by atoms with Crippen molar-refractivity contribution < 1.29 is 4.79 Å². The fourth-order valence-corrected chi connectivity index (χ4v) is 2.78. The van der Waals surface area contributed by atoms with Crippen LogP contribution < -0.4 is 5.32 Å². The molecule has 0 radical (unpaired) electrons. The molecule has 1 aliphatic heterocycles. The Hall–Kier alpha value is -2.14. The van der Waals surface area contributed by atoms with Gasteiger partial charge in [-0.25, -0.2) is 0 Å². The molecule has 21 heavy (non-hydrogen) atoms. The molecule has 0 unspecified atom stereocenters. The second kappa shape index (κ2) is 6.54. The third-order valence-electron chi connectivity index (χ3n) is 3.93. The van der Waals surface area contributed by atoms with E-state index in [0.717, 1.165) is 32.6 Å². The van der Waals surface area contributed by atoms with Gasteiger partial charge in [-0.05, 0) is 24.4 Å². The molecule has 1 amide bonds. The van der Waals surface area contributed by atoms with Crippen LogP contribution in [0, 0.1) is 5.92 Å². The van der Waals surface area contributed by atoms with Crippen molar-refractivity contribution in [3.63, 3.8) is 0 Å². The third kappa shape index (κ3) is 3.70. The minimum absolute atomic E-state index is 0.0507. The zero-order valence-electron chi connectivity index (χ0n) is 12.0. The lowest BCUT2D eigenvalue weighted by Crippen LogP contribution is -2.30. The van der Waals surface area contributed by atoms with Crippen LogP contribution in [0.25, 0.3) is 0 Å². The van der Waals surface area contributed by atoms with Gasteiger partial charge in [0.15, 0.2) is 0 Å². The lowest BCUT2D eigenvalue weighted by molar-refractivity contribution is 0.0947. The number of nitrogens with one attached hydrogen (secondary N) is 2. The highest BCUT2D eigenvalue weighted by Gasteiger charge is 2.23. The van der Waals surface area contributed by atoms with Crippen molar-refractivity contribution in [1.29, 1.82) is 0 Å². The molecule has 110 valence electrons. The number of H-pyrrole nitrogens is 1. The molecule has 2 heterocycles. The van der Waals surface area contributed by atoms with Crippen molar-refractivity contribution in [1.82, 2.24) is 20.4 Å². The van der Waals surface area contributed by atoms with Gasteiger partial charge in [-0.15, -0.1) is 0 Å². The first-order valence-electron chi connectivity index (χ1n) is 7.34. The average molecular weight is 284 g/mol. The molecule has 2 N–H and O–H groups in total. The van der Waals surface area contributed by atoms with Crippen molar-refractivity contribution in [3.8, 4) is 0 Å². The largest absolute Gasteiger partial charge is 0.352 e. The van der Waals surface area contributed by atoms with Crippen LogP contribution in [0.2, 0.25) is 0 Å². The van der Waals surface area contributed by atoms with Gasteiger partial charge in [-0.1, -0.05) is 30.3 Å². The summed E-state index contributed by atoms with van der Waals surface area (Å²) < 4.78 is 0. The molecule has 1 fully saturated rings. The summed E-state index contributed by atoms with van der Waals surface area (Å²) in [5.74, 6) is 0.481. The Kier molecular flexibility index (Phi) is 4.31. The van der Waals surface area contributed by atoms with Crippen molar-refractivity contribution in [2.45, 2.75) is 13.0 Å². The first-order chi connectivity index (χ1) is 10.3. The van der Waals surface area contributed by atoms with E-state index in [2.05, 4.69) is 44.7 Å². The Bertz CT molecular complexity index is 567. The average Bonchev–Trinajstić information content (AvgIpc) is 3.17. The number of aromatic nitrogens is 2. The number of carbonyl (C=O) groups excluding carboxylic acids is 1. The summed E-state index contributed by atoms with van der Waals surface area (Å²) in [6.45, 7) is 3.87. The Balaban J connectivity index is 1.44. The van der Waals surface area contributed by atoms with E-state index in [-0.39, 0.29) is 5.91 Å². The van der Waals surface area contributed by atoms with Crippen LogP contribution in [0.15, 0.2) is 42.7 Å². The maximum absolute atomic E-state index is 11.9. The molecule has 5 nitrogen and oxygen atoms in total. The smallest absolute Gasteiger partial charge is 0.254 e. The number of benzene rings is 1. The SMILES string of the molecule is O=C(NC[C@@H]1CCN(Cc2ccccc2)C1)c1cn[nH]c1. The predicted octanol–water partition coefficient (Wildman–Crippen LogP) is 1.66. The standard InChI is InChI=1S/C16H20N4O/c21-16(15-9-18-19-10-15)17-8-14-6-7-20(12-14)11-13-4-2-1-3-5-13/h1-5,9-10,14H,6-8,11-12H2,(H,17,21)(H,18,19)/t14-/m0/s1. The van der Waals surface area contributed by atoms with Gasteiger partial charge >= 0.3 is 0 Å². The summed E-state index contributed by atoms with van der Waals surface area (Å²) in [6, 6.07) is 10.5. The van der Waals surface area contributed by atoms with E-state index in [1.807, 2.05) is 6.07 Å². The van der Waals surface area contributed by atoms with E-state index in [1.54, 1.807) is 12.4 Å². The Morgan fingerprint density at radius 2 is 2.24 bits per heavy atom. The predicted molar refractivity (Wildman–Crippen MR) is 80.7 cm³/mol. The Morgan fingerprint density at radius 3 is 3.00 bits per heavy atom. The molecule has 0 aliphatic carbocycles. The van der Waals surface area contributed by atoms with Crippen LogP contribution in [0.1, 0.15) is 22.3 Å². The zero-order valence-corrected chi connectivity index (χ0v) is 12.0. The lowest BCUT2D eigenvalue weighted by Gasteiger charge is -2.16. The fraction of sp³-hybridized carbons (Fsp3) is 0.375. The second-order valence-corrected chi connectivity index (χ2v) is 5.57. The number of likely N-dealkylation sites (tertiary alicyclic amines) is 1. The maximum atomic E-state index is 11.9. The van der Waals surface area contributed by atoms with E-state index in [9.17, 15) is 4.79 Å². The lowest BCUT2D eigenvalue weighted by atomic mass is 10.1. The molecular weight excluding hydrogens is 264 g/mol. The van der Waals surface area contributed by atoms with Gasteiger partial charge in [0.25, 0.3) is 5.91 Å². The number of amides is 1. The van der Waals surface area contributed by atoms with Gasteiger partial charge in [-0.2, -0.15) is 5.10 Å². The van der Waals surface area contributed by atoms with E-state index in [1.165, 1.54) is 5.56 Å². The summed E-state index contributed by atoms with van der Waals surface area (Å²) in [4.78, 5) is 14.3. The zero-order chi connectivity index (χ0) is 14.5. The highest BCUT2D eigenvalue weighted by molar-refractivity contribution is 5.93. The molecule has 1 aromatic carbocycles. The summed E-state index contributed by atoms with van der Waals surface area (Å²) in [5.41, 5.74) is 1.94. The molecule has 0 saturated carbocycles. The minimum Gasteiger partial charge on any atom is -0.352 e. The topological polar surface area (TPSA) is 61.0 Å². The van der Waals surface area contributed by atoms with Crippen LogP contribution in [0.4, 0.5) is 0 Å². The number of rotatable bonds is 5. The van der Waals surface area contributed by atoms with E-state index < -0.39 is 0 Å². The Labute approximate surface area is 124 Å². The van der Waals surface area contributed by atoms with Gasteiger partial charge in [0.05, 0.1) is 11.8 Å². The van der Waals surface area contributed by atoms with Crippen LogP contribution in [0.5, 0.6) is 0 Å². The molecule has 1 atom stereocenters. The number of aromatic amines is 1. The number of nitrogens with zero attached hydrogens (tertiary/aromatic N) is 2. The van der Waals surface area contributed by atoms with Gasteiger partial charge in [0, 0.05) is 25.8 Å². The van der Waals surface area contributed by atoms with Crippen LogP contribution >= 0.6 is 0 Å². The summed E-state index contributed by atoms with van der Waals surface area (Å²) in [5, 5.41) is 9.43. The van der Waals surface area contributed by atoms with Gasteiger partial charge in [0.1, 0.15) is 0 Å². The fourth-order valence-electron chi connectivity index (χ4n) is 2.78. The van der Waals surface area contributed by atoms with Gasteiger partial charge in [0.2, 0.25) is 0 Å². The first-order valence-corrected chi connectivity index (χ1v) is 7.34. The van der Waals surface area contributed by atoms with Gasteiger partial charge < -0.3 is 5.32 Å². The number of carbonyl (C=O) groups is 1. The van der Waals surface area contributed by atoms with E-state index in [4.69, 9.17) is 0 Å². The molecule has 1 saturated heterocycles. The number of hydrogen-bond donors (Lipinski definition) is 2. The van der Waals surface area contributed by atoms with E-state index in [0.29, 0.717) is 11.5 Å². The summed E-state index contributed by atoms with van der Waals surface area (Å²) in [7, 11) is 0. The maximum Gasteiger partial charge on any atom is 0.254 e. The van der Waals surface area contributed by atoms with Crippen molar-refractivity contribution in [3.05, 3.63) is 53.9 Å². The quantitative estimate of drug-likeness (QED) is 0.878. The molecule has 1 aromatic heterocycles. The normalized spacial score (nSPS) is 18.8. The monoisotopic (exact) mass is 284 g/mol. The molecule has 3 rings (SSSR count). The van der Waals surface area contributed by atoms with Crippen LogP contribution in [0.3, 0.4) is 0 Å². The molecule has 0 bridgehead atoms. The van der Waals surface area contributed by atoms with Crippen molar-refractivity contribution >= 4 is 5.91 Å². The van der Waals surface area contributed by atoms with Crippen molar-refractivity contribution in [2.24, 2.45) is 5.92 Å². The molecule has 0 spiro atoms. The molecular formula is C16H20N4O. The summed E-state index contributed by atoms with van der Waals surface area (Å²) in [6.07, 6.45) is 4.30. The second-order valence-electron chi connectivity index (χ2n) is 5.57. The molecule has 5 heteroatoms. The molecule has 1 aliphatic rings. The van der Waals surface area contributed by atoms with Gasteiger partial charge in [-0.3, -0.25) is 14.8 Å². The Morgan fingerprint density at radius 1 is 1.38 bits per heavy atom.